The van der Waals surface area contributed by atoms with Crippen molar-refractivity contribution < 1.29 is 4.79 Å². The molecule has 2 N–H and O–H groups in total. The summed E-state index contributed by atoms with van der Waals surface area (Å²) in [5.41, 5.74) is 4.91. The second kappa shape index (κ2) is 8.63. The van der Waals surface area contributed by atoms with Crippen LogP contribution in [-0.2, 0) is 6.42 Å². The van der Waals surface area contributed by atoms with E-state index in [9.17, 15) is 10.1 Å². The Kier molecular flexibility index (Phi) is 5.73. The van der Waals surface area contributed by atoms with E-state index in [1.54, 1.807) is 16.9 Å². The molecule has 164 valence electrons. The molecule has 4 heterocycles. The Bertz CT molecular complexity index is 1340. The summed E-state index contributed by atoms with van der Waals surface area (Å²) in [5.74, 6) is 0. The van der Waals surface area contributed by atoms with Gasteiger partial charge in [0.2, 0.25) is 0 Å². The summed E-state index contributed by atoms with van der Waals surface area (Å²) in [7, 11) is 0. The molecule has 0 radical (unpaired) electrons. The van der Waals surface area contributed by atoms with E-state index in [2.05, 4.69) is 36.9 Å². The van der Waals surface area contributed by atoms with Crippen molar-refractivity contribution >= 4 is 28.4 Å². The highest BCUT2D eigenvalue weighted by Gasteiger charge is 2.15. The molecule has 0 bridgehead atoms. The molecule has 0 fully saturated rings. The highest BCUT2D eigenvalue weighted by atomic mass is 16.2. The normalized spacial score (nSPS) is 11.2. The van der Waals surface area contributed by atoms with Crippen LogP contribution >= 0.6 is 0 Å². The van der Waals surface area contributed by atoms with Gasteiger partial charge in [0.05, 0.1) is 23.8 Å². The monoisotopic (exact) mass is 431 g/mol. The molecule has 0 aliphatic carbocycles. The molecule has 0 saturated heterocycles. The smallest absolute Gasteiger partial charge is 0.319 e. The number of rotatable bonds is 6. The van der Waals surface area contributed by atoms with Gasteiger partial charge in [0.1, 0.15) is 11.6 Å². The maximum atomic E-state index is 12.3. The summed E-state index contributed by atoms with van der Waals surface area (Å²) in [6.45, 7) is 8.35. The minimum atomic E-state index is -0.314. The van der Waals surface area contributed by atoms with Crippen LogP contribution in [-0.4, -0.2) is 41.9 Å². The average Bonchev–Trinajstić information content (AvgIpc) is 3.32. The summed E-state index contributed by atoms with van der Waals surface area (Å²) in [5, 5.41) is 24.9. The van der Waals surface area contributed by atoms with E-state index in [-0.39, 0.29) is 12.1 Å². The molecule has 10 nitrogen and oxygen atoms in total. The number of amides is 2. The van der Waals surface area contributed by atoms with Crippen molar-refractivity contribution in [3.8, 4) is 6.07 Å². The molecule has 0 unspecified atom stereocenters. The van der Waals surface area contributed by atoms with Gasteiger partial charge < -0.3 is 10.6 Å². The lowest BCUT2D eigenvalue weighted by molar-refractivity contribution is 0.252. The van der Waals surface area contributed by atoms with Gasteiger partial charge in [-0.25, -0.2) is 24.0 Å². The second-order valence-electron chi connectivity index (χ2n) is 8.01. The van der Waals surface area contributed by atoms with Gasteiger partial charge in [-0.05, 0) is 52.7 Å². The van der Waals surface area contributed by atoms with E-state index >= 15 is 0 Å². The maximum Gasteiger partial charge on any atom is 0.319 e. The zero-order valence-electron chi connectivity index (χ0n) is 18.5. The Balaban J connectivity index is 1.34. The van der Waals surface area contributed by atoms with Gasteiger partial charge in [-0.3, -0.25) is 0 Å². The van der Waals surface area contributed by atoms with Crippen LogP contribution in [0.3, 0.4) is 0 Å². The first-order chi connectivity index (χ1) is 15.4. The van der Waals surface area contributed by atoms with Crippen molar-refractivity contribution in [1.82, 2.24) is 34.7 Å². The van der Waals surface area contributed by atoms with Crippen molar-refractivity contribution in [1.29, 1.82) is 5.26 Å². The standard InChI is InChI=1S/C22H25N9O/c1-13(2)30-20-16(11-26-30)9-17(12-25-20)28-22(32)24-7-5-6-19-18(10-23)21-27-14(3)8-15(4)31(21)29-19/h8-9,11-13H,5-7H2,1-4H3,(H2,24,28,32). The first-order valence-electron chi connectivity index (χ1n) is 10.5. The molecule has 0 atom stereocenters. The van der Waals surface area contributed by atoms with E-state index in [1.165, 1.54) is 0 Å². The van der Waals surface area contributed by atoms with Gasteiger partial charge in [0, 0.05) is 29.4 Å². The van der Waals surface area contributed by atoms with Crippen molar-refractivity contribution in [2.45, 2.75) is 46.6 Å². The van der Waals surface area contributed by atoms with Gasteiger partial charge in [-0.1, -0.05) is 0 Å². The number of hydrogen-bond donors (Lipinski definition) is 2. The van der Waals surface area contributed by atoms with Crippen LogP contribution in [0.4, 0.5) is 10.5 Å². The Morgan fingerprint density at radius 2 is 2.03 bits per heavy atom. The minimum absolute atomic E-state index is 0.209. The van der Waals surface area contributed by atoms with Gasteiger partial charge in [0.25, 0.3) is 0 Å². The average molecular weight is 432 g/mol. The summed E-state index contributed by atoms with van der Waals surface area (Å²) >= 11 is 0. The number of nitrogens with one attached hydrogen (secondary N) is 2. The molecule has 0 spiro atoms. The number of fused-ring (bicyclic) bond motifs is 2. The quantitative estimate of drug-likeness (QED) is 0.451. The highest BCUT2D eigenvalue weighted by Crippen LogP contribution is 2.19. The van der Waals surface area contributed by atoms with Crippen LogP contribution in [0.2, 0.25) is 0 Å². The maximum absolute atomic E-state index is 12.3. The molecule has 0 aliphatic heterocycles. The fourth-order valence-corrected chi connectivity index (χ4v) is 3.67. The number of anilines is 1. The zero-order chi connectivity index (χ0) is 22.8. The number of nitriles is 1. The predicted molar refractivity (Wildman–Crippen MR) is 120 cm³/mol. The first kappa shape index (κ1) is 21.2. The van der Waals surface area contributed by atoms with Crippen LogP contribution in [0.15, 0.2) is 24.5 Å². The summed E-state index contributed by atoms with van der Waals surface area (Å²) in [6.07, 6.45) is 4.57. The van der Waals surface area contributed by atoms with Gasteiger partial charge in [-0.15, -0.1) is 0 Å². The van der Waals surface area contributed by atoms with Crippen LogP contribution in [0.25, 0.3) is 16.7 Å². The number of aromatic nitrogens is 6. The van der Waals surface area contributed by atoms with Gasteiger partial charge >= 0.3 is 6.03 Å². The third kappa shape index (κ3) is 4.09. The van der Waals surface area contributed by atoms with Crippen LogP contribution < -0.4 is 10.6 Å². The molecule has 2 amide bonds. The lowest BCUT2D eigenvalue weighted by Crippen LogP contribution is -2.29. The number of carbonyl (C=O) groups excluding carboxylic acids is 1. The van der Waals surface area contributed by atoms with E-state index in [0.717, 1.165) is 22.4 Å². The molecule has 4 rings (SSSR count). The third-order valence-corrected chi connectivity index (χ3v) is 5.14. The molecular formula is C22H25N9O. The number of carbonyl (C=O) groups is 1. The molecule has 0 aromatic carbocycles. The van der Waals surface area contributed by atoms with Crippen LogP contribution in [0, 0.1) is 25.2 Å². The fraction of sp³-hybridized carbons (Fsp3) is 0.364. The Morgan fingerprint density at radius 3 is 2.78 bits per heavy atom. The van der Waals surface area contributed by atoms with Crippen molar-refractivity contribution in [2.75, 3.05) is 11.9 Å². The summed E-state index contributed by atoms with van der Waals surface area (Å²) in [4.78, 5) is 21.1. The second-order valence-corrected chi connectivity index (χ2v) is 8.01. The van der Waals surface area contributed by atoms with Crippen molar-refractivity contribution in [3.63, 3.8) is 0 Å². The lowest BCUT2D eigenvalue weighted by Gasteiger charge is -2.08. The van der Waals surface area contributed by atoms with Crippen LogP contribution in [0.1, 0.15) is 49.0 Å². The zero-order valence-corrected chi connectivity index (χ0v) is 18.5. The Morgan fingerprint density at radius 1 is 1.22 bits per heavy atom. The van der Waals surface area contributed by atoms with E-state index in [0.29, 0.717) is 42.0 Å². The molecule has 0 saturated carbocycles. The summed E-state index contributed by atoms with van der Waals surface area (Å²) in [6, 6.07) is 5.89. The molecule has 10 heteroatoms. The molecular weight excluding hydrogens is 406 g/mol. The highest BCUT2D eigenvalue weighted by molar-refractivity contribution is 5.91. The SMILES string of the molecule is Cc1cc(C)n2nc(CCCNC(=O)Nc3cnc4c(cnn4C(C)C)c3)c(C#N)c2n1. The topological polar surface area (TPSA) is 126 Å². The molecule has 4 aromatic heterocycles. The molecule has 0 aliphatic rings. The fourth-order valence-electron chi connectivity index (χ4n) is 3.67. The van der Waals surface area contributed by atoms with Crippen molar-refractivity contribution in [2.24, 2.45) is 0 Å². The van der Waals surface area contributed by atoms with Gasteiger partial charge in [0.15, 0.2) is 11.3 Å². The minimum Gasteiger partial charge on any atom is -0.338 e. The van der Waals surface area contributed by atoms with E-state index in [4.69, 9.17) is 0 Å². The largest absolute Gasteiger partial charge is 0.338 e. The number of pyridine rings is 1. The predicted octanol–water partition coefficient (Wildman–Crippen LogP) is 3.30. The number of nitrogens with zero attached hydrogens (tertiary/aromatic N) is 7. The Hall–Kier alpha value is -4.00. The molecule has 32 heavy (non-hydrogen) atoms. The van der Waals surface area contributed by atoms with Crippen molar-refractivity contribution in [3.05, 3.63) is 47.2 Å². The van der Waals surface area contributed by atoms with E-state index in [1.807, 2.05) is 44.5 Å². The Labute approximate surface area is 185 Å². The summed E-state index contributed by atoms with van der Waals surface area (Å²) < 4.78 is 3.54. The van der Waals surface area contributed by atoms with Crippen LogP contribution in [0.5, 0.6) is 0 Å². The van der Waals surface area contributed by atoms with E-state index < -0.39 is 0 Å². The number of urea groups is 1. The van der Waals surface area contributed by atoms with Gasteiger partial charge in [-0.2, -0.15) is 15.5 Å². The molecule has 4 aromatic rings. The first-order valence-corrected chi connectivity index (χ1v) is 10.5. The number of aryl methyl sites for hydroxylation is 3. The third-order valence-electron chi connectivity index (χ3n) is 5.14. The number of hydrogen-bond acceptors (Lipinski definition) is 6. The lowest BCUT2D eigenvalue weighted by atomic mass is 10.1.